The minimum absolute atomic E-state index is 0.116. The number of aliphatic hydroxyl groups is 4. The summed E-state index contributed by atoms with van der Waals surface area (Å²) in [5.41, 5.74) is -4.46. The molecular formula is C42H78N2O13. The normalized spacial score (nSPS) is 46.2. The standard InChI is InChI=1S/C42H78N2O13/c1-16-18-31(45)55-34-29(43(12)13)19-24(4)52-39(34)57-37-25(5)33(56-32-21-41(10,51-15)36(47)28(8)53-32)26(6)38(48)54-30(17-2)42(11,50)35(46)27(7)44(14)22-23(3)20-40(37,9)49/h23-30,32-37,39,46-47,49-50H,16-22H2,1-15H3/t23-,24-,25+,26-,27-,28+,29+,30-,32+,33+,34-,35-,36+,37-,39+,40-,41-,42-/m1/s1. The number of nitrogens with zero attached hydrogens (tertiary/aromatic N) is 2. The fourth-order valence-corrected chi connectivity index (χ4v) is 9.26. The average Bonchev–Trinajstić information content (AvgIpc) is 3.12. The summed E-state index contributed by atoms with van der Waals surface area (Å²) in [6.07, 6.45) is -7.45. The Morgan fingerprint density at radius 2 is 1.58 bits per heavy atom. The molecule has 334 valence electrons. The molecule has 0 amide bonds. The van der Waals surface area contributed by atoms with Gasteiger partial charge in [-0.15, -0.1) is 0 Å². The number of ether oxygens (including phenoxy) is 7. The summed E-state index contributed by atoms with van der Waals surface area (Å²) in [6.45, 7) is 19.9. The lowest BCUT2D eigenvalue weighted by Crippen LogP contribution is -2.61. The second kappa shape index (κ2) is 20.4. The van der Waals surface area contributed by atoms with Gasteiger partial charge in [-0.2, -0.15) is 0 Å². The maximum Gasteiger partial charge on any atom is 0.311 e. The van der Waals surface area contributed by atoms with Crippen molar-refractivity contribution in [1.82, 2.24) is 9.80 Å². The molecule has 0 aromatic rings. The van der Waals surface area contributed by atoms with Crippen molar-refractivity contribution in [3.63, 3.8) is 0 Å². The topological polar surface area (TPSA) is 186 Å². The number of methoxy groups -OCH3 is 1. The lowest BCUT2D eigenvalue weighted by atomic mass is 9.77. The van der Waals surface area contributed by atoms with Crippen LogP contribution in [0.4, 0.5) is 0 Å². The Morgan fingerprint density at radius 1 is 0.947 bits per heavy atom. The molecule has 0 aromatic carbocycles. The van der Waals surface area contributed by atoms with E-state index < -0.39 is 96.0 Å². The Labute approximate surface area is 341 Å². The van der Waals surface area contributed by atoms with Crippen LogP contribution in [0.3, 0.4) is 0 Å². The predicted octanol–water partition coefficient (Wildman–Crippen LogP) is 3.25. The number of carbonyl (C=O) groups is 2. The van der Waals surface area contributed by atoms with Gasteiger partial charge < -0.3 is 63.4 Å². The molecule has 4 N–H and O–H groups in total. The third kappa shape index (κ3) is 11.9. The molecule has 57 heavy (non-hydrogen) atoms. The van der Waals surface area contributed by atoms with Crippen LogP contribution in [-0.2, 0) is 42.7 Å². The van der Waals surface area contributed by atoms with Gasteiger partial charge >= 0.3 is 11.9 Å². The second-order valence-corrected chi connectivity index (χ2v) is 18.4. The molecule has 3 aliphatic heterocycles. The van der Waals surface area contributed by atoms with Gasteiger partial charge in [-0.05, 0) is 101 Å². The second-order valence-electron chi connectivity index (χ2n) is 18.4. The van der Waals surface area contributed by atoms with Crippen LogP contribution in [0.1, 0.15) is 115 Å². The molecule has 0 aromatic heterocycles. The highest BCUT2D eigenvalue weighted by atomic mass is 16.7. The van der Waals surface area contributed by atoms with Crippen molar-refractivity contribution in [3.05, 3.63) is 0 Å². The van der Waals surface area contributed by atoms with Crippen molar-refractivity contribution in [2.75, 3.05) is 34.8 Å². The highest BCUT2D eigenvalue weighted by Gasteiger charge is 2.53. The highest BCUT2D eigenvalue weighted by molar-refractivity contribution is 5.73. The summed E-state index contributed by atoms with van der Waals surface area (Å²) in [5, 5.41) is 47.1. The summed E-state index contributed by atoms with van der Waals surface area (Å²) in [5.74, 6) is -3.08. The van der Waals surface area contributed by atoms with Crippen LogP contribution in [0.2, 0.25) is 0 Å². The summed E-state index contributed by atoms with van der Waals surface area (Å²) in [4.78, 5) is 31.3. The van der Waals surface area contributed by atoms with Crippen molar-refractivity contribution in [2.24, 2.45) is 17.8 Å². The summed E-state index contributed by atoms with van der Waals surface area (Å²) >= 11 is 0. The zero-order valence-corrected chi connectivity index (χ0v) is 37.5. The molecule has 0 bridgehead atoms. The maximum atomic E-state index is 14.4. The third-order valence-corrected chi connectivity index (χ3v) is 12.9. The quantitative estimate of drug-likeness (QED) is 0.235. The minimum Gasteiger partial charge on any atom is -0.459 e. The smallest absolute Gasteiger partial charge is 0.311 e. The minimum atomic E-state index is -1.82. The SMILES string of the molecule is CCCC(=O)O[C@H]1[C@H](O[C@@H]2[C@@H](C)[C@H](O[C@H]3C[C@@](C)(OC)[C@@H](O)[C@H](C)O3)[C@@H](C)C(=O)O[C@H](CC)[C@@](C)(O)[C@H](O)[C@@H](C)N(C)C[C@H](C)C[C@@]2(C)O)O[C@H](C)C[C@@H]1N(C)C. The van der Waals surface area contributed by atoms with E-state index in [1.165, 1.54) is 14.0 Å². The Bertz CT molecular complexity index is 1290. The van der Waals surface area contributed by atoms with E-state index in [4.69, 9.17) is 33.2 Å². The molecule has 15 heteroatoms. The van der Waals surface area contributed by atoms with Crippen molar-refractivity contribution >= 4 is 11.9 Å². The zero-order valence-electron chi connectivity index (χ0n) is 37.5. The van der Waals surface area contributed by atoms with Gasteiger partial charge in [0.25, 0.3) is 0 Å². The van der Waals surface area contributed by atoms with Gasteiger partial charge in [0.05, 0.1) is 47.6 Å². The summed E-state index contributed by atoms with van der Waals surface area (Å²) in [7, 11) is 7.17. The van der Waals surface area contributed by atoms with Crippen LogP contribution in [0.15, 0.2) is 0 Å². The van der Waals surface area contributed by atoms with E-state index in [2.05, 4.69) is 0 Å². The lowest BCUT2D eigenvalue weighted by molar-refractivity contribution is -0.319. The highest BCUT2D eigenvalue weighted by Crippen LogP contribution is 2.40. The maximum absolute atomic E-state index is 14.4. The van der Waals surface area contributed by atoms with Gasteiger partial charge in [-0.3, -0.25) is 9.59 Å². The van der Waals surface area contributed by atoms with Crippen molar-refractivity contribution in [1.29, 1.82) is 0 Å². The van der Waals surface area contributed by atoms with Crippen LogP contribution < -0.4 is 0 Å². The average molecular weight is 819 g/mol. The number of cyclic esters (lactones) is 1. The van der Waals surface area contributed by atoms with Gasteiger partial charge in [-0.25, -0.2) is 0 Å². The molecule has 0 unspecified atom stereocenters. The van der Waals surface area contributed by atoms with Gasteiger partial charge in [0, 0.05) is 38.5 Å². The molecule has 0 saturated carbocycles. The zero-order chi connectivity index (χ0) is 43.4. The predicted molar refractivity (Wildman–Crippen MR) is 213 cm³/mol. The molecule has 3 rings (SSSR count). The monoisotopic (exact) mass is 819 g/mol. The van der Waals surface area contributed by atoms with E-state index in [0.717, 1.165) is 0 Å². The van der Waals surface area contributed by atoms with Crippen LogP contribution in [0, 0.1) is 17.8 Å². The Kier molecular flexibility index (Phi) is 17.8. The van der Waals surface area contributed by atoms with Gasteiger partial charge in [-0.1, -0.05) is 27.7 Å². The van der Waals surface area contributed by atoms with E-state index in [9.17, 15) is 30.0 Å². The fourth-order valence-electron chi connectivity index (χ4n) is 9.26. The van der Waals surface area contributed by atoms with Crippen LogP contribution in [0.25, 0.3) is 0 Å². The molecule has 3 fully saturated rings. The molecule has 0 radical (unpaired) electrons. The molecule has 3 aliphatic rings. The van der Waals surface area contributed by atoms with Crippen molar-refractivity contribution in [3.8, 4) is 0 Å². The molecule has 3 heterocycles. The number of hydrogen-bond acceptors (Lipinski definition) is 15. The molecular weight excluding hydrogens is 740 g/mol. The number of likely N-dealkylation sites (N-methyl/N-ethyl adjacent to an activating group) is 2. The Morgan fingerprint density at radius 3 is 2.14 bits per heavy atom. The van der Waals surface area contributed by atoms with E-state index in [1.54, 1.807) is 41.5 Å². The first-order valence-corrected chi connectivity index (χ1v) is 21.1. The molecule has 3 saturated heterocycles. The van der Waals surface area contributed by atoms with Gasteiger partial charge in [0.15, 0.2) is 18.7 Å². The van der Waals surface area contributed by atoms with Crippen LogP contribution in [-0.4, -0.2) is 167 Å². The first-order valence-electron chi connectivity index (χ1n) is 21.1. The van der Waals surface area contributed by atoms with E-state index >= 15 is 0 Å². The van der Waals surface area contributed by atoms with Gasteiger partial charge in [0.1, 0.15) is 23.9 Å². The first-order chi connectivity index (χ1) is 26.3. The van der Waals surface area contributed by atoms with E-state index in [-0.39, 0.29) is 49.7 Å². The number of rotatable bonds is 10. The van der Waals surface area contributed by atoms with Crippen LogP contribution >= 0.6 is 0 Å². The number of esters is 2. The number of hydrogen-bond donors (Lipinski definition) is 4. The Balaban J connectivity index is 2.23. The van der Waals surface area contributed by atoms with E-state index in [1.807, 2.05) is 58.6 Å². The molecule has 18 atom stereocenters. The fraction of sp³-hybridized carbons (Fsp3) is 0.952. The Hall–Kier alpha value is -1.50. The van der Waals surface area contributed by atoms with Crippen LogP contribution in [0.5, 0.6) is 0 Å². The summed E-state index contributed by atoms with van der Waals surface area (Å²) < 4.78 is 44.3. The molecule has 15 nitrogen and oxygen atoms in total. The summed E-state index contributed by atoms with van der Waals surface area (Å²) in [6, 6.07) is -0.822. The van der Waals surface area contributed by atoms with E-state index in [0.29, 0.717) is 19.4 Å². The molecule has 0 aliphatic carbocycles. The number of aliphatic hydroxyl groups excluding tert-OH is 2. The van der Waals surface area contributed by atoms with Gasteiger partial charge in [0.2, 0.25) is 0 Å². The van der Waals surface area contributed by atoms with Crippen molar-refractivity contribution in [2.45, 2.75) is 205 Å². The van der Waals surface area contributed by atoms with Crippen molar-refractivity contribution < 1.29 is 63.2 Å². The molecule has 0 spiro atoms. The number of carbonyl (C=O) groups excluding carboxylic acids is 2. The first kappa shape index (κ1) is 49.9. The lowest BCUT2D eigenvalue weighted by Gasteiger charge is -2.49. The largest absolute Gasteiger partial charge is 0.459 e. The third-order valence-electron chi connectivity index (χ3n) is 12.9.